The third kappa shape index (κ3) is 4.49. The van der Waals surface area contributed by atoms with E-state index in [1.54, 1.807) is 6.26 Å². The third-order valence-corrected chi connectivity index (χ3v) is 3.15. The summed E-state index contributed by atoms with van der Waals surface area (Å²) >= 11 is 4.88. The van der Waals surface area contributed by atoms with Crippen LogP contribution in [0.2, 0.25) is 0 Å². The molecule has 5 heteroatoms. The number of furan rings is 1. The Labute approximate surface area is 113 Å². The number of carbonyl (C=O) groups is 1. The zero-order valence-corrected chi connectivity index (χ0v) is 11.6. The highest BCUT2D eigenvalue weighted by atomic mass is 32.1. The van der Waals surface area contributed by atoms with Crippen LogP contribution in [-0.2, 0) is 11.2 Å². The Bertz CT molecular complexity index is 390. The predicted octanol–water partition coefficient (Wildman–Crippen LogP) is 2.03. The van der Waals surface area contributed by atoms with Crippen molar-refractivity contribution in [1.29, 1.82) is 0 Å². The quantitative estimate of drug-likeness (QED) is 0.742. The van der Waals surface area contributed by atoms with Crippen molar-refractivity contribution in [2.45, 2.75) is 39.2 Å². The van der Waals surface area contributed by atoms with Crippen LogP contribution in [0.4, 0.5) is 0 Å². The Hall–Kier alpha value is -1.36. The van der Waals surface area contributed by atoms with Gasteiger partial charge in [0.25, 0.3) is 0 Å². The molecular weight excluding hydrogens is 248 g/mol. The standard InChI is InChI=1S/C13H20N2O2S/c1-3-11(12(14)18)13(16)15-9(2)6-7-10-5-4-8-17-10/h4-5,8-9,11H,3,6-7H2,1-2H3,(H2,14,18)(H,15,16). The van der Waals surface area contributed by atoms with Gasteiger partial charge in [0.2, 0.25) is 5.91 Å². The van der Waals surface area contributed by atoms with Crippen molar-refractivity contribution in [1.82, 2.24) is 5.32 Å². The van der Waals surface area contributed by atoms with E-state index < -0.39 is 0 Å². The van der Waals surface area contributed by atoms with Gasteiger partial charge >= 0.3 is 0 Å². The first-order chi connectivity index (χ1) is 8.54. The fraction of sp³-hybridized carbons (Fsp3) is 0.538. The van der Waals surface area contributed by atoms with Crippen LogP contribution in [0.25, 0.3) is 0 Å². The van der Waals surface area contributed by atoms with Crippen LogP contribution in [0.15, 0.2) is 22.8 Å². The second kappa shape index (κ2) is 7.16. The van der Waals surface area contributed by atoms with Crippen LogP contribution in [0.5, 0.6) is 0 Å². The smallest absolute Gasteiger partial charge is 0.230 e. The molecule has 2 atom stereocenters. The minimum absolute atomic E-state index is 0.0750. The fourth-order valence-electron chi connectivity index (χ4n) is 1.74. The molecule has 0 bridgehead atoms. The van der Waals surface area contributed by atoms with E-state index >= 15 is 0 Å². The summed E-state index contributed by atoms with van der Waals surface area (Å²) in [6.07, 6.45) is 3.91. The van der Waals surface area contributed by atoms with E-state index in [0.29, 0.717) is 6.42 Å². The maximum Gasteiger partial charge on any atom is 0.230 e. The second-order valence-corrected chi connectivity index (χ2v) is 4.86. The Kier molecular flexibility index (Phi) is 5.85. The average molecular weight is 268 g/mol. The maximum absolute atomic E-state index is 11.9. The molecule has 0 aliphatic rings. The van der Waals surface area contributed by atoms with E-state index in [1.807, 2.05) is 26.0 Å². The van der Waals surface area contributed by atoms with Gasteiger partial charge in [-0.25, -0.2) is 0 Å². The number of thiocarbonyl (C=S) groups is 1. The molecule has 4 nitrogen and oxygen atoms in total. The van der Waals surface area contributed by atoms with Crippen molar-refractivity contribution in [3.05, 3.63) is 24.2 Å². The topological polar surface area (TPSA) is 68.3 Å². The lowest BCUT2D eigenvalue weighted by molar-refractivity contribution is -0.123. The van der Waals surface area contributed by atoms with Gasteiger partial charge in [0.1, 0.15) is 5.76 Å². The molecule has 0 aliphatic carbocycles. The van der Waals surface area contributed by atoms with Gasteiger partial charge in [-0.1, -0.05) is 19.1 Å². The normalized spacial score (nSPS) is 13.9. The molecule has 2 unspecified atom stereocenters. The minimum atomic E-state index is -0.369. The van der Waals surface area contributed by atoms with Crippen molar-refractivity contribution >= 4 is 23.1 Å². The molecule has 1 aromatic rings. The molecular formula is C13H20N2O2S. The van der Waals surface area contributed by atoms with Crippen molar-refractivity contribution in [2.75, 3.05) is 0 Å². The summed E-state index contributed by atoms with van der Waals surface area (Å²) in [6, 6.07) is 3.86. The zero-order valence-electron chi connectivity index (χ0n) is 10.8. The average Bonchev–Trinajstić information content (AvgIpc) is 2.79. The molecule has 0 fully saturated rings. The van der Waals surface area contributed by atoms with E-state index in [2.05, 4.69) is 5.32 Å². The van der Waals surface area contributed by atoms with Crippen LogP contribution in [0, 0.1) is 5.92 Å². The number of carbonyl (C=O) groups excluding carboxylic acids is 1. The Morgan fingerprint density at radius 3 is 2.83 bits per heavy atom. The van der Waals surface area contributed by atoms with E-state index in [0.717, 1.165) is 18.6 Å². The van der Waals surface area contributed by atoms with Crippen LogP contribution in [0.1, 0.15) is 32.4 Å². The summed E-state index contributed by atoms with van der Waals surface area (Å²) in [5, 5.41) is 2.93. The van der Waals surface area contributed by atoms with Gasteiger partial charge in [-0.3, -0.25) is 4.79 Å². The van der Waals surface area contributed by atoms with Crippen LogP contribution < -0.4 is 11.1 Å². The predicted molar refractivity (Wildman–Crippen MR) is 75.2 cm³/mol. The largest absolute Gasteiger partial charge is 0.469 e. The van der Waals surface area contributed by atoms with E-state index in [-0.39, 0.29) is 22.9 Å². The molecule has 0 radical (unpaired) electrons. The zero-order chi connectivity index (χ0) is 13.5. The molecule has 0 aromatic carbocycles. The first-order valence-electron chi connectivity index (χ1n) is 6.16. The Balaban J connectivity index is 2.37. The van der Waals surface area contributed by atoms with Crippen molar-refractivity contribution in [2.24, 2.45) is 11.7 Å². The SMILES string of the molecule is CCC(C(=O)NC(C)CCc1ccco1)C(N)=S. The minimum Gasteiger partial charge on any atom is -0.469 e. The first-order valence-corrected chi connectivity index (χ1v) is 6.57. The molecule has 0 aliphatic heterocycles. The second-order valence-electron chi connectivity index (χ2n) is 4.39. The van der Waals surface area contributed by atoms with E-state index in [9.17, 15) is 4.79 Å². The summed E-state index contributed by atoms with van der Waals surface area (Å²) < 4.78 is 5.24. The van der Waals surface area contributed by atoms with Gasteiger partial charge in [-0.2, -0.15) is 0 Å². The number of nitrogens with one attached hydrogen (secondary N) is 1. The number of nitrogens with two attached hydrogens (primary N) is 1. The van der Waals surface area contributed by atoms with Gasteiger partial charge < -0.3 is 15.5 Å². The summed E-state index contributed by atoms with van der Waals surface area (Å²) in [7, 11) is 0. The number of hydrogen-bond donors (Lipinski definition) is 2. The molecule has 18 heavy (non-hydrogen) atoms. The highest BCUT2D eigenvalue weighted by Gasteiger charge is 2.20. The summed E-state index contributed by atoms with van der Waals surface area (Å²) in [4.78, 5) is 12.1. The third-order valence-electron chi connectivity index (χ3n) is 2.86. The van der Waals surface area contributed by atoms with Gasteiger partial charge in [0.05, 0.1) is 17.2 Å². The summed E-state index contributed by atoms with van der Waals surface area (Å²) in [5.41, 5.74) is 5.53. The Morgan fingerprint density at radius 2 is 2.33 bits per heavy atom. The molecule has 0 saturated carbocycles. The molecule has 1 amide bonds. The van der Waals surface area contributed by atoms with Crippen LogP contribution in [0.3, 0.4) is 0 Å². The molecule has 100 valence electrons. The van der Waals surface area contributed by atoms with Crippen molar-refractivity contribution < 1.29 is 9.21 Å². The van der Waals surface area contributed by atoms with Crippen LogP contribution >= 0.6 is 12.2 Å². The highest BCUT2D eigenvalue weighted by molar-refractivity contribution is 7.80. The van der Waals surface area contributed by atoms with Crippen molar-refractivity contribution in [3.8, 4) is 0 Å². The van der Waals surface area contributed by atoms with Gasteiger partial charge in [0.15, 0.2) is 0 Å². The van der Waals surface area contributed by atoms with E-state index in [1.165, 1.54) is 0 Å². The Morgan fingerprint density at radius 1 is 1.61 bits per heavy atom. The molecule has 1 aromatic heterocycles. The van der Waals surface area contributed by atoms with Crippen molar-refractivity contribution in [3.63, 3.8) is 0 Å². The first kappa shape index (κ1) is 14.7. The lowest BCUT2D eigenvalue weighted by Gasteiger charge is -2.18. The number of hydrogen-bond acceptors (Lipinski definition) is 3. The van der Waals surface area contributed by atoms with E-state index in [4.69, 9.17) is 22.4 Å². The molecule has 1 heterocycles. The number of aryl methyl sites for hydroxylation is 1. The summed E-state index contributed by atoms with van der Waals surface area (Å²) in [6.45, 7) is 3.87. The fourth-order valence-corrected chi connectivity index (χ4v) is 2.02. The molecule has 1 rings (SSSR count). The maximum atomic E-state index is 11.9. The summed E-state index contributed by atoms with van der Waals surface area (Å²) in [5.74, 6) is 0.473. The lowest BCUT2D eigenvalue weighted by Crippen LogP contribution is -2.41. The number of rotatable bonds is 7. The lowest BCUT2D eigenvalue weighted by atomic mass is 10.0. The monoisotopic (exact) mass is 268 g/mol. The van der Waals surface area contributed by atoms with Gasteiger partial charge in [-0.15, -0.1) is 0 Å². The highest BCUT2D eigenvalue weighted by Crippen LogP contribution is 2.08. The number of amides is 1. The molecule has 0 spiro atoms. The molecule has 0 saturated heterocycles. The van der Waals surface area contributed by atoms with Gasteiger partial charge in [0, 0.05) is 12.5 Å². The molecule has 3 N–H and O–H groups in total. The van der Waals surface area contributed by atoms with Crippen LogP contribution in [-0.4, -0.2) is 16.9 Å². The van der Waals surface area contributed by atoms with Gasteiger partial charge in [-0.05, 0) is 31.9 Å².